The summed E-state index contributed by atoms with van der Waals surface area (Å²) in [6.45, 7) is 0. The van der Waals surface area contributed by atoms with E-state index in [9.17, 15) is 31.1 Å². The summed E-state index contributed by atoms with van der Waals surface area (Å²) < 4.78 is 77.1. The molecule has 0 bridgehead atoms. The highest BCUT2D eigenvalue weighted by molar-refractivity contribution is 5.99. The number of hydrogen-bond donors (Lipinski definition) is 0. The third kappa shape index (κ3) is 2.70. The van der Waals surface area contributed by atoms with Crippen LogP contribution in [-0.4, -0.2) is 39.5 Å². The highest BCUT2D eigenvalue weighted by Gasteiger charge is 2.41. The van der Waals surface area contributed by atoms with Crippen molar-refractivity contribution in [3.8, 4) is 0 Å². The summed E-state index contributed by atoms with van der Waals surface area (Å²) >= 11 is 0. The van der Waals surface area contributed by atoms with Crippen LogP contribution in [0.4, 0.5) is 26.3 Å². The minimum atomic E-state index is -5.09. The normalized spacial score (nSPS) is 12.7. The molecular formula is C11H8F6N4O. The fourth-order valence-corrected chi connectivity index (χ4v) is 1.70. The second-order valence-electron chi connectivity index (χ2n) is 4.52. The number of nitrogens with zero attached hydrogens (tertiary/aromatic N) is 4. The maximum Gasteiger partial charge on any atom is 0.433 e. The van der Waals surface area contributed by atoms with Crippen LogP contribution < -0.4 is 0 Å². The monoisotopic (exact) mass is 326 g/mol. The van der Waals surface area contributed by atoms with Crippen LogP contribution in [0, 0.1) is 0 Å². The quantitative estimate of drug-likeness (QED) is 0.757. The SMILES string of the molecule is CN(C)C(=O)c1cnn2c(C(F)(F)F)cc(C(F)(F)F)nc12. The van der Waals surface area contributed by atoms with Crippen molar-refractivity contribution in [2.75, 3.05) is 14.1 Å². The number of halogens is 6. The van der Waals surface area contributed by atoms with Gasteiger partial charge in [0.1, 0.15) is 11.3 Å². The van der Waals surface area contributed by atoms with E-state index in [1.54, 1.807) is 0 Å². The Balaban J connectivity index is 2.83. The molecule has 0 saturated heterocycles. The number of fused-ring (bicyclic) bond motifs is 1. The molecule has 0 N–H and O–H groups in total. The molecule has 2 heterocycles. The summed E-state index contributed by atoms with van der Waals surface area (Å²) in [7, 11) is 2.59. The first kappa shape index (κ1) is 16.0. The van der Waals surface area contributed by atoms with Crippen molar-refractivity contribution >= 4 is 11.6 Å². The van der Waals surface area contributed by atoms with Gasteiger partial charge in [-0.1, -0.05) is 0 Å². The van der Waals surface area contributed by atoms with Gasteiger partial charge >= 0.3 is 12.4 Å². The highest BCUT2D eigenvalue weighted by atomic mass is 19.4. The second-order valence-corrected chi connectivity index (χ2v) is 4.52. The van der Waals surface area contributed by atoms with Gasteiger partial charge in [-0.3, -0.25) is 4.79 Å². The smallest absolute Gasteiger partial charge is 0.345 e. The Morgan fingerprint density at radius 3 is 2.18 bits per heavy atom. The minimum absolute atomic E-state index is 0.149. The number of carbonyl (C=O) groups excluding carboxylic acids is 1. The van der Waals surface area contributed by atoms with Gasteiger partial charge in [0, 0.05) is 14.1 Å². The van der Waals surface area contributed by atoms with Crippen LogP contribution in [-0.2, 0) is 12.4 Å². The number of hydrogen-bond acceptors (Lipinski definition) is 3. The molecule has 2 aromatic rings. The highest BCUT2D eigenvalue weighted by Crippen LogP contribution is 2.35. The molecule has 0 saturated carbocycles. The van der Waals surface area contributed by atoms with E-state index in [4.69, 9.17) is 0 Å². The molecule has 0 aliphatic heterocycles. The fourth-order valence-electron chi connectivity index (χ4n) is 1.70. The molecule has 11 heteroatoms. The van der Waals surface area contributed by atoms with Gasteiger partial charge in [0.2, 0.25) is 0 Å². The molecule has 0 atom stereocenters. The van der Waals surface area contributed by atoms with Crippen LogP contribution in [0.3, 0.4) is 0 Å². The van der Waals surface area contributed by atoms with E-state index in [0.29, 0.717) is 0 Å². The maximum absolute atomic E-state index is 12.9. The Kier molecular flexibility index (Phi) is 3.54. The fraction of sp³-hybridized carbons (Fsp3) is 0.364. The lowest BCUT2D eigenvalue weighted by atomic mass is 10.2. The first-order valence-corrected chi connectivity index (χ1v) is 5.67. The van der Waals surface area contributed by atoms with Crippen LogP contribution >= 0.6 is 0 Å². The summed E-state index contributed by atoms with van der Waals surface area (Å²) in [5.41, 5.74) is -4.68. The molecule has 5 nitrogen and oxygen atoms in total. The summed E-state index contributed by atoms with van der Waals surface area (Å²) in [6, 6.07) is -0.149. The third-order valence-electron chi connectivity index (χ3n) is 2.69. The van der Waals surface area contributed by atoms with Crippen molar-refractivity contribution in [3.05, 3.63) is 29.2 Å². The number of aromatic nitrogens is 3. The van der Waals surface area contributed by atoms with E-state index in [0.717, 1.165) is 11.1 Å². The van der Waals surface area contributed by atoms with E-state index >= 15 is 0 Å². The van der Waals surface area contributed by atoms with Gasteiger partial charge in [-0.15, -0.1) is 0 Å². The van der Waals surface area contributed by atoms with Crippen LogP contribution in [0.1, 0.15) is 21.7 Å². The molecule has 0 radical (unpaired) electrons. The molecule has 0 aliphatic carbocycles. The van der Waals surface area contributed by atoms with Crippen LogP contribution in [0.5, 0.6) is 0 Å². The Morgan fingerprint density at radius 2 is 1.73 bits per heavy atom. The predicted molar refractivity (Wildman–Crippen MR) is 61.0 cm³/mol. The standard InChI is InChI=1S/C11H8F6N4O/c1-20(2)9(22)5-4-18-21-7(11(15,16)17)3-6(10(12,13)14)19-8(5)21/h3-4H,1-2H3. The first-order chi connectivity index (χ1) is 9.93. The number of rotatable bonds is 1. The lowest BCUT2D eigenvalue weighted by Gasteiger charge is -2.13. The Morgan fingerprint density at radius 1 is 1.14 bits per heavy atom. The molecule has 22 heavy (non-hydrogen) atoms. The van der Waals surface area contributed by atoms with Gasteiger partial charge in [0.05, 0.1) is 6.20 Å². The van der Waals surface area contributed by atoms with Crippen molar-refractivity contribution < 1.29 is 31.1 Å². The number of amides is 1. The molecule has 0 fully saturated rings. The van der Waals surface area contributed by atoms with Crippen molar-refractivity contribution in [1.82, 2.24) is 19.5 Å². The Bertz CT molecular complexity index is 730. The molecule has 1 amide bonds. The second kappa shape index (κ2) is 4.85. The van der Waals surface area contributed by atoms with Crippen molar-refractivity contribution in [3.63, 3.8) is 0 Å². The average Bonchev–Trinajstić information content (AvgIpc) is 2.77. The van der Waals surface area contributed by atoms with Gasteiger partial charge in [0.25, 0.3) is 5.91 Å². The largest absolute Gasteiger partial charge is 0.433 e. The lowest BCUT2D eigenvalue weighted by Crippen LogP contribution is -2.23. The maximum atomic E-state index is 12.9. The lowest BCUT2D eigenvalue weighted by molar-refractivity contribution is -0.148. The van der Waals surface area contributed by atoms with Crippen LogP contribution in [0.15, 0.2) is 12.3 Å². The molecule has 0 aliphatic rings. The molecule has 2 aromatic heterocycles. The summed E-state index contributed by atoms with van der Waals surface area (Å²) in [4.78, 5) is 15.9. The average molecular weight is 326 g/mol. The van der Waals surface area contributed by atoms with Crippen molar-refractivity contribution in [2.24, 2.45) is 0 Å². The summed E-state index contributed by atoms with van der Waals surface area (Å²) in [5, 5.41) is 3.33. The Hall–Kier alpha value is -2.33. The van der Waals surface area contributed by atoms with E-state index in [-0.39, 0.29) is 10.6 Å². The number of alkyl halides is 6. The molecule has 2 rings (SSSR count). The zero-order chi connectivity index (χ0) is 16.9. The van der Waals surface area contributed by atoms with Gasteiger partial charge in [-0.05, 0) is 6.07 Å². The van der Waals surface area contributed by atoms with Gasteiger partial charge in [-0.25, -0.2) is 9.50 Å². The Labute approximate surface area is 119 Å². The zero-order valence-corrected chi connectivity index (χ0v) is 11.1. The molecule has 0 aromatic carbocycles. The molecule has 120 valence electrons. The summed E-state index contributed by atoms with van der Waals surface area (Å²) in [6.07, 6.45) is -9.43. The van der Waals surface area contributed by atoms with Crippen molar-refractivity contribution in [2.45, 2.75) is 12.4 Å². The minimum Gasteiger partial charge on any atom is -0.345 e. The number of carbonyl (C=O) groups is 1. The van der Waals surface area contributed by atoms with E-state index in [1.807, 2.05) is 0 Å². The molecule has 0 unspecified atom stereocenters. The van der Waals surface area contributed by atoms with Gasteiger partial charge < -0.3 is 4.90 Å². The van der Waals surface area contributed by atoms with E-state index in [1.165, 1.54) is 14.1 Å². The molecular weight excluding hydrogens is 318 g/mol. The van der Waals surface area contributed by atoms with Crippen molar-refractivity contribution in [1.29, 1.82) is 0 Å². The van der Waals surface area contributed by atoms with Gasteiger partial charge in [-0.2, -0.15) is 31.4 Å². The predicted octanol–water partition coefficient (Wildman–Crippen LogP) is 2.47. The molecule has 0 spiro atoms. The third-order valence-corrected chi connectivity index (χ3v) is 2.69. The zero-order valence-electron chi connectivity index (χ0n) is 11.1. The van der Waals surface area contributed by atoms with E-state index in [2.05, 4.69) is 10.1 Å². The first-order valence-electron chi connectivity index (χ1n) is 5.67. The van der Waals surface area contributed by atoms with E-state index < -0.39 is 40.9 Å². The summed E-state index contributed by atoms with van der Waals surface area (Å²) in [5.74, 6) is -0.810. The van der Waals surface area contributed by atoms with Crippen LogP contribution in [0.25, 0.3) is 5.65 Å². The van der Waals surface area contributed by atoms with Crippen LogP contribution in [0.2, 0.25) is 0 Å². The topological polar surface area (TPSA) is 50.5 Å². The van der Waals surface area contributed by atoms with Gasteiger partial charge in [0.15, 0.2) is 11.3 Å².